The minimum atomic E-state index is -0.0373. The minimum absolute atomic E-state index is 0.0373. The number of hydrogen-bond donors (Lipinski definition) is 1. The molecule has 0 aliphatic carbocycles. The maximum absolute atomic E-state index is 3.97. The Morgan fingerprint density at radius 3 is 2.56 bits per heavy atom. The third-order valence-electron chi connectivity index (χ3n) is 3.44. The van der Waals surface area contributed by atoms with Crippen LogP contribution in [0.1, 0.15) is 25.1 Å². The molecule has 2 rings (SSSR count). The molecule has 0 saturated heterocycles. The molecule has 2 nitrogen and oxygen atoms in total. The maximum Gasteiger partial charge on any atom is 0.0459 e. The van der Waals surface area contributed by atoms with E-state index < -0.39 is 0 Å². The lowest BCUT2D eigenvalue weighted by molar-refractivity contribution is 0.399. The average molecular weight is 242 g/mol. The molecule has 2 heteroatoms. The number of para-hydroxylation sites is 1. The van der Waals surface area contributed by atoms with Gasteiger partial charge in [0.05, 0.1) is 0 Å². The number of hydrogen-bond acceptors (Lipinski definition) is 1. The van der Waals surface area contributed by atoms with Gasteiger partial charge in [-0.1, -0.05) is 38.1 Å². The van der Waals surface area contributed by atoms with E-state index in [1.807, 2.05) is 6.08 Å². The number of nitrogens with one attached hydrogen (secondary N) is 1. The summed E-state index contributed by atoms with van der Waals surface area (Å²) in [4.78, 5) is 5.77. The van der Waals surface area contributed by atoms with Crippen molar-refractivity contribution in [2.24, 2.45) is 0 Å². The molecule has 0 amide bonds. The predicted molar refractivity (Wildman–Crippen MR) is 78.9 cm³/mol. The Kier molecular flexibility index (Phi) is 3.31. The smallest absolute Gasteiger partial charge is 0.0459 e. The molecule has 18 heavy (non-hydrogen) atoms. The van der Waals surface area contributed by atoms with Gasteiger partial charge in [0.25, 0.3) is 0 Å². The molecular weight excluding hydrogens is 220 g/mol. The summed E-state index contributed by atoms with van der Waals surface area (Å²) in [7, 11) is 4.21. The first kappa shape index (κ1) is 12.9. The quantitative estimate of drug-likeness (QED) is 0.810. The lowest BCUT2D eigenvalue weighted by Crippen LogP contribution is -2.19. The highest BCUT2D eigenvalue weighted by molar-refractivity contribution is 5.85. The van der Waals surface area contributed by atoms with Gasteiger partial charge in [-0.05, 0) is 25.7 Å². The molecule has 0 atom stereocenters. The fraction of sp³-hybridized carbons (Fsp3) is 0.375. The molecule has 2 aromatic rings. The molecule has 1 heterocycles. The number of aromatic amines is 1. The lowest BCUT2D eigenvalue weighted by atomic mass is 9.86. The van der Waals surface area contributed by atoms with Crippen LogP contribution in [0.15, 0.2) is 36.9 Å². The largest absolute Gasteiger partial charge is 0.357 e. The minimum Gasteiger partial charge on any atom is -0.357 e. The van der Waals surface area contributed by atoms with Crippen LogP contribution >= 0.6 is 0 Å². The van der Waals surface area contributed by atoms with E-state index in [1.54, 1.807) is 0 Å². The van der Waals surface area contributed by atoms with Crippen LogP contribution in [0, 0.1) is 0 Å². The molecule has 1 aromatic heterocycles. The van der Waals surface area contributed by atoms with Gasteiger partial charge in [-0.3, -0.25) is 0 Å². The first-order chi connectivity index (χ1) is 8.45. The van der Waals surface area contributed by atoms with Gasteiger partial charge in [-0.25, -0.2) is 0 Å². The predicted octanol–water partition coefficient (Wildman–Crippen LogP) is 3.69. The highest BCUT2D eigenvalue weighted by Crippen LogP contribution is 2.32. The summed E-state index contributed by atoms with van der Waals surface area (Å²) in [6.07, 6.45) is 2.01. The lowest BCUT2D eigenvalue weighted by Gasteiger charge is -2.22. The highest BCUT2D eigenvalue weighted by atomic mass is 15.1. The van der Waals surface area contributed by atoms with E-state index in [9.17, 15) is 0 Å². The van der Waals surface area contributed by atoms with Gasteiger partial charge >= 0.3 is 0 Å². The van der Waals surface area contributed by atoms with Crippen LogP contribution in [0.3, 0.4) is 0 Å². The van der Waals surface area contributed by atoms with Crippen LogP contribution < -0.4 is 0 Å². The van der Waals surface area contributed by atoms with Gasteiger partial charge < -0.3 is 9.88 Å². The van der Waals surface area contributed by atoms with E-state index in [-0.39, 0.29) is 5.41 Å². The molecule has 1 aromatic carbocycles. The Morgan fingerprint density at radius 1 is 1.28 bits per heavy atom. The van der Waals surface area contributed by atoms with Crippen molar-refractivity contribution < 1.29 is 0 Å². The second-order valence-corrected chi connectivity index (χ2v) is 5.69. The van der Waals surface area contributed by atoms with Crippen LogP contribution in [-0.2, 0) is 12.0 Å². The number of rotatable bonds is 4. The zero-order valence-corrected chi connectivity index (χ0v) is 11.7. The second kappa shape index (κ2) is 4.62. The molecule has 1 N–H and O–H groups in total. The third-order valence-corrected chi connectivity index (χ3v) is 3.44. The number of nitrogens with zero attached hydrogens (tertiary/aromatic N) is 1. The van der Waals surface area contributed by atoms with Crippen molar-refractivity contribution in [2.45, 2.75) is 25.8 Å². The number of aromatic nitrogens is 1. The van der Waals surface area contributed by atoms with Gasteiger partial charge in [0, 0.05) is 28.6 Å². The molecule has 96 valence electrons. The zero-order chi connectivity index (χ0) is 13.3. The molecule has 0 unspecified atom stereocenters. The SMILES string of the molecule is C=CC(C)(C)c1[nH]c2ccccc2c1CN(C)C. The Balaban J connectivity index is 2.67. The standard InChI is InChI=1S/C16H22N2/c1-6-16(2,3)15-13(11-18(4)5)12-9-7-8-10-14(12)17-15/h6-10,17H,1,11H2,2-5H3. The summed E-state index contributed by atoms with van der Waals surface area (Å²) in [5, 5.41) is 1.32. The summed E-state index contributed by atoms with van der Waals surface area (Å²) in [6, 6.07) is 8.49. The monoisotopic (exact) mass is 242 g/mol. The molecule has 0 bridgehead atoms. The van der Waals surface area contributed by atoms with Gasteiger partial charge in [-0.15, -0.1) is 6.58 Å². The summed E-state index contributed by atoms with van der Waals surface area (Å²) in [5.74, 6) is 0. The van der Waals surface area contributed by atoms with Crippen molar-refractivity contribution in [3.8, 4) is 0 Å². The summed E-state index contributed by atoms with van der Waals surface area (Å²) in [6.45, 7) is 9.30. The van der Waals surface area contributed by atoms with Crippen molar-refractivity contribution >= 4 is 10.9 Å². The summed E-state index contributed by atoms with van der Waals surface area (Å²) < 4.78 is 0. The Labute approximate surface area is 109 Å². The van der Waals surface area contributed by atoms with Crippen LogP contribution in [0.5, 0.6) is 0 Å². The molecule has 0 saturated carbocycles. The second-order valence-electron chi connectivity index (χ2n) is 5.69. The maximum atomic E-state index is 3.97. The van der Waals surface area contributed by atoms with Crippen molar-refractivity contribution in [2.75, 3.05) is 14.1 Å². The normalized spacial score (nSPS) is 12.3. The van der Waals surface area contributed by atoms with E-state index in [0.717, 1.165) is 6.54 Å². The number of allylic oxidation sites excluding steroid dienone is 1. The first-order valence-electron chi connectivity index (χ1n) is 6.34. The molecule has 0 aliphatic heterocycles. The molecule has 0 spiro atoms. The average Bonchev–Trinajstić information content (AvgIpc) is 2.68. The fourth-order valence-corrected chi connectivity index (χ4v) is 2.33. The van der Waals surface area contributed by atoms with Gasteiger partial charge in [0.2, 0.25) is 0 Å². The Bertz CT molecular complexity index is 561. The topological polar surface area (TPSA) is 19.0 Å². The van der Waals surface area contributed by atoms with E-state index in [1.165, 1.54) is 22.2 Å². The first-order valence-corrected chi connectivity index (χ1v) is 6.34. The van der Waals surface area contributed by atoms with E-state index in [2.05, 4.69) is 68.7 Å². The van der Waals surface area contributed by atoms with Crippen LogP contribution in [-0.4, -0.2) is 24.0 Å². The van der Waals surface area contributed by atoms with Crippen molar-refractivity contribution in [3.63, 3.8) is 0 Å². The number of H-pyrrole nitrogens is 1. The summed E-state index contributed by atoms with van der Waals surface area (Å²) >= 11 is 0. The highest BCUT2D eigenvalue weighted by Gasteiger charge is 2.24. The third kappa shape index (κ3) is 2.21. The molecule has 0 aliphatic rings. The number of fused-ring (bicyclic) bond motifs is 1. The van der Waals surface area contributed by atoms with E-state index in [0.29, 0.717) is 0 Å². The fourth-order valence-electron chi connectivity index (χ4n) is 2.33. The Morgan fingerprint density at radius 2 is 1.94 bits per heavy atom. The molecule has 0 radical (unpaired) electrons. The van der Waals surface area contributed by atoms with Crippen molar-refractivity contribution in [1.29, 1.82) is 0 Å². The molecular formula is C16H22N2. The molecule has 0 fully saturated rings. The van der Waals surface area contributed by atoms with E-state index >= 15 is 0 Å². The van der Waals surface area contributed by atoms with Crippen molar-refractivity contribution in [1.82, 2.24) is 9.88 Å². The van der Waals surface area contributed by atoms with Crippen LogP contribution in [0.25, 0.3) is 10.9 Å². The summed E-state index contributed by atoms with van der Waals surface area (Å²) in [5.41, 5.74) is 3.82. The van der Waals surface area contributed by atoms with Gasteiger partial charge in [0.1, 0.15) is 0 Å². The number of benzene rings is 1. The Hall–Kier alpha value is -1.54. The van der Waals surface area contributed by atoms with Gasteiger partial charge in [-0.2, -0.15) is 0 Å². The van der Waals surface area contributed by atoms with Crippen LogP contribution in [0.2, 0.25) is 0 Å². The van der Waals surface area contributed by atoms with Crippen molar-refractivity contribution in [3.05, 3.63) is 48.2 Å². The van der Waals surface area contributed by atoms with Crippen LogP contribution in [0.4, 0.5) is 0 Å². The van der Waals surface area contributed by atoms with E-state index in [4.69, 9.17) is 0 Å². The van der Waals surface area contributed by atoms with Gasteiger partial charge in [0.15, 0.2) is 0 Å². The zero-order valence-electron chi connectivity index (χ0n) is 11.7.